The summed E-state index contributed by atoms with van der Waals surface area (Å²) in [5.74, 6) is 1.27. The van der Waals surface area contributed by atoms with E-state index in [4.69, 9.17) is 9.47 Å². The number of hydrogen-bond acceptors (Lipinski definition) is 4. The van der Waals surface area contributed by atoms with Gasteiger partial charge in [-0.05, 0) is 42.3 Å². The summed E-state index contributed by atoms with van der Waals surface area (Å²) in [6.07, 6.45) is 5.64. The smallest absolute Gasteiger partial charge is 0.263 e. The molecule has 0 aliphatic rings. The van der Waals surface area contributed by atoms with Crippen molar-refractivity contribution in [1.29, 1.82) is 0 Å². The third-order valence-electron chi connectivity index (χ3n) is 4.04. The standard InChI is InChI=1S/C23H22N2O3/c1-3-7-17-10-12-20(21(14-17)27-2)28-16-23(26)25-22-13-11-19(15-24-22)18-8-5-4-6-9-18/h3-15H,16H2,1-2H3,(H,24,25,26)/b7-3+. The Morgan fingerprint density at radius 2 is 1.86 bits per heavy atom. The largest absolute Gasteiger partial charge is 0.493 e. The lowest BCUT2D eigenvalue weighted by Gasteiger charge is -2.11. The molecule has 0 unspecified atom stereocenters. The Labute approximate surface area is 164 Å². The lowest BCUT2D eigenvalue weighted by molar-refractivity contribution is -0.118. The van der Waals surface area contributed by atoms with E-state index in [1.807, 2.05) is 67.6 Å². The molecule has 5 heteroatoms. The van der Waals surface area contributed by atoms with Crippen molar-refractivity contribution in [3.63, 3.8) is 0 Å². The fraction of sp³-hybridized carbons (Fsp3) is 0.130. The Bertz CT molecular complexity index is 951. The number of nitrogens with zero attached hydrogens (tertiary/aromatic N) is 1. The van der Waals surface area contributed by atoms with Crippen LogP contribution < -0.4 is 14.8 Å². The molecule has 1 heterocycles. The van der Waals surface area contributed by atoms with Gasteiger partial charge in [-0.1, -0.05) is 48.6 Å². The number of pyridine rings is 1. The molecule has 2 aromatic carbocycles. The van der Waals surface area contributed by atoms with Crippen LogP contribution >= 0.6 is 0 Å². The normalized spacial score (nSPS) is 10.6. The number of methoxy groups -OCH3 is 1. The van der Waals surface area contributed by atoms with E-state index in [0.717, 1.165) is 16.7 Å². The highest BCUT2D eigenvalue weighted by molar-refractivity contribution is 5.91. The van der Waals surface area contributed by atoms with Gasteiger partial charge in [0.25, 0.3) is 5.91 Å². The molecular weight excluding hydrogens is 352 g/mol. The predicted octanol–water partition coefficient (Wildman–Crippen LogP) is 4.81. The van der Waals surface area contributed by atoms with Gasteiger partial charge in [0.15, 0.2) is 18.1 Å². The first-order chi connectivity index (χ1) is 13.7. The summed E-state index contributed by atoms with van der Waals surface area (Å²) in [6, 6.07) is 19.2. The maximum absolute atomic E-state index is 12.2. The zero-order valence-corrected chi connectivity index (χ0v) is 15.9. The van der Waals surface area contributed by atoms with Crippen LogP contribution in [0, 0.1) is 0 Å². The van der Waals surface area contributed by atoms with Crippen LogP contribution in [0.3, 0.4) is 0 Å². The fourth-order valence-electron chi connectivity index (χ4n) is 2.69. The lowest BCUT2D eigenvalue weighted by atomic mass is 10.1. The fourth-order valence-corrected chi connectivity index (χ4v) is 2.69. The molecule has 0 spiro atoms. The molecule has 0 aliphatic carbocycles. The molecule has 0 saturated carbocycles. The maximum atomic E-state index is 12.2. The van der Waals surface area contributed by atoms with Crippen LogP contribution in [-0.4, -0.2) is 24.6 Å². The number of nitrogens with one attached hydrogen (secondary N) is 1. The topological polar surface area (TPSA) is 60.5 Å². The van der Waals surface area contributed by atoms with Gasteiger partial charge in [0.05, 0.1) is 7.11 Å². The molecule has 1 aromatic heterocycles. The van der Waals surface area contributed by atoms with Crippen molar-refractivity contribution in [2.75, 3.05) is 19.0 Å². The minimum Gasteiger partial charge on any atom is -0.493 e. The van der Waals surface area contributed by atoms with E-state index in [1.165, 1.54) is 0 Å². The summed E-state index contributed by atoms with van der Waals surface area (Å²) in [7, 11) is 1.57. The Balaban J connectivity index is 1.59. The number of rotatable bonds is 7. The van der Waals surface area contributed by atoms with E-state index in [2.05, 4.69) is 10.3 Å². The van der Waals surface area contributed by atoms with E-state index in [0.29, 0.717) is 17.3 Å². The van der Waals surface area contributed by atoms with Gasteiger partial charge in [-0.15, -0.1) is 0 Å². The number of anilines is 1. The van der Waals surface area contributed by atoms with Gasteiger partial charge in [-0.2, -0.15) is 0 Å². The second-order valence-corrected chi connectivity index (χ2v) is 6.05. The quantitative estimate of drug-likeness (QED) is 0.645. The number of hydrogen-bond donors (Lipinski definition) is 1. The summed E-state index contributed by atoms with van der Waals surface area (Å²) >= 11 is 0. The van der Waals surface area contributed by atoms with E-state index in [9.17, 15) is 4.79 Å². The van der Waals surface area contributed by atoms with Crippen LogP contribution in [0.2, 0.25) is 0 Å². The number of aromatic nitrogens is 1. The number of ether oxygens (including phenoxy) is 2. The van der Waals surface area contributed by atoms with E-state index < -0.39 is 0 Å². The SMILES string of the molecule is C/C=C/c1ccc(OCC(=O)Nc2ccc(-c3ccccc3)cn2)c(OC)c1. The van der Waals surface area contributed by atoms with Gasteiger partial charge in [0.2, 0.25) is 0 Å². The number of amides is 1. The minimum atomic E-state index is -0.292. The third kappa shape index (κ3) is 4.98. The zero-order chi connectivity index (χ0) is 19.8. The molecule has 5 nitrogen and oxygen atoms in total. The average molecular weight is 374 g/mol. The highest BCUT2D eigenvalue weighted by Gasteiger charge is 2.09. The van der Waals surface area contributed by atoms with Crippen molar-refractivity contribution >= 4 is 17.8 Å². The number of carbonyl (C=O) groups excluding carboxylic acids is 1. The summed E-state index contributed by atoms with van der Waals surface area (Å²) < 4.78 is 10.9. The molecule has 3 rings (SSSR count). The third-order valence-corrected chi connectivity index (χ3v) is 4.04. The Morgan fingerprint density at radius 3 is 2.54 bits per heavy atom. The van der Waals surface area contributed by atoms with Gasteiger partial charge in [0, 0.05) is 11.8 Å². The summed E-state index contributed by atoms with van der Waals surface area (Å²) in [6.45, 7) is 1.81. The van der Waals surface area contributed by atoms with Crippen molar-refractivity contribution in [3.05, 3.63) is 78.5 Å². The summed E-state index contributed by atoms with van der Waals surface area (Å²) in [5, 5.41) is 2.73. The van der Waals surface area contributed by atoms with Crippen LogP contribution in [0.4, 0.5) is 5.82 Å². The van der Waals surface area contributed by atoms with Gasteiger partial charge < -0.3 is 14.8 Å². The van der Waals surface area contributed by atoms with Crippen molar-refractivity contribution in [2.45, 2.75) is 6.92 Å². The summed E-state index contributed by atoms with van der Waals surface area (Å²) in [5.41, 5.74) is 3.06. The lowest BCUT2D eigenvalue weighted by Crippen LogP contribution is -2.20. The maximum Gasteiger partial charge on any atom is 0.263 e. The van der Waals surface area contributed by atoms with Crippen LogP contribution in [-0.2, 0) is 4.79 Å². The number of allylic oxidation sites excluding steroid dienone is 1. The van der Waals surface area contributed by atoms with E-state index >= 15 is 0 Å². The molecule has 0 atom stereocenters. The highest BCUT2D eigenvalue weighted by atomic mass is 16.5. The van der Waals surface area contributed by atoms with Gasteiger partial charge in [0.1, 0.15) is 5.82 Å². The monoisotopic (exact) mass is 374 g/mol. The molecule has 0 fully saturated rings. The number of carbonyl (C=O) groups is 1. The molecular formula is C23H22N2O3. The van der Waals surface area contributed by atoms with Crippen molar-refractivity contribution in [3.8, 4) is 22.6 Å². The predicted molar refractivity (Wildman–Crippen MR) is 111 cm³/mol. The second-order valence-electron chi connectivity index (χ2n) is 6.05. The molecule has 1 N–H and O–H groups in total. The van der Waals surface area contributed by atoms with Crippen LogP contribution in [0.25, 0.3) is 17.2 Å². The molecule has 0 bridgehead atoms. The van der Waals surface area contributed by atoms with Crippen molar-refractivity contribution in [1.82, 2.24) is 4.98 Å². The Hall–Kier alpha value is -3.60. The van der Waals surface area contributed by atoms with Crippen molar-refractivity contribution < 1.29 is 14.3 Å². The second kappa shape index (κ2) is 9.37. The van der Waals surface area contributed by atoms with Gasteiger partial charge in [-0.25, -0.2) is 4.98 Å². The first kappa shape index (κ1) is 19.2. The molecule has 28 heavy (non-hydrogen) atoms. The average Bonchev–Trinajstić information content (AvgIpc) is 2.74. The van der Waals surface area contributed by atoms with Crippen LogP contribution in [0.15, 0.2) is 72.9 Å². The van der Waals surface area contributed by atoms with Crippen molar-refractivity contribution in [2.24, 2.45) is 0 Å². The minimum absolute atomic E-state index is 0.137. The van der Waals surface area contributed by atoms with Gasteiger partial charge >= 0.3 is 0 Å². The molecule has 0 radical (unpaired) electrons. The molecule has 0 saturated heterocycles. The highest BCUT2D eigenvalue weighted by Crippen LogP contribution is 2.28. The molecule has 142 valence electrons. The molecule has 3 aromatic rings. The van der Waals surface area contributed by atoms with Crippen LogP contribution in [0.1, 0.15) is 12.5 Å². The Kier molecular flexibility index (Phi) is 6.41. The Morgan fingerprint density at radius 1 is 1.04 bits per heavy atom. The number of benzene rings is 2. The first-order valence-electron chi connectivity index (χ1n) is 8.94. The van der Waals surface area contributed by atoms with Crippen LogP contribution in [0.5, 0.6) is 11.5 Å². The van der Waals surface area contributed by atoms with Gasteiger partial charge in [-0.3, -0.25) is 4.79 Å². The molecule has 0 aliphatic heterocycles. The summed E-state index contributed by atoms with van der Waals surface area (Å²) in [4.78, 5) is 16.5. The first-order valence-corrected chi connectivity index (χ1v) is 8.94. The van der Waals surface area contributed by atoms with E-state index in [-0.39, 0.29) is 12.5 Å². The zero-order valence-electron chi connectivity index (χ0n) is 15.9. The molecule has 1 amide bonds. The van der Waals surface area contributed by atoms with E-state index in [1.54, 1.807) is 25.4 Å².